The van der Waals surface area contributed by atoms with Crippen LogP contribution in [0.4, 0.5) is 0 Å². The van der Waals surface area contributed by atoms with E-state index in [9.17, 15) is 13.5 Å². The topological polar surface area (TPSA) is 145 Å². The molecule has 2 atom stereocenters. The van der Waals surface area contributed by atoms with Gasteiger partial charge in [0.05, 0.1) is 23.8 Å². The van der Waals surface area contributed by atoms with E-state index >= 15 is 0 Å². The maximum Gasteiger partial charge on any atom is 0.414 e. The number of benzene rings is 2. The van der Waals surface area contributed by atoms with Crippen molar-refractivity contribution in [1.82, 2.24) is 9.21 Å². The van der Waals surface area contributed by atoms with E-state index in [1.807, 2.05) is 24.0 Å². The average molecular weight is 598 g/mol. The molecule has 1 heterocycles. The molecule has 1 aliphatic rings. The van der Waals surface area contributed by atoms with Crippen molar-refractivity contribution in [2.45, 2.75) is 24.0 Å². The first-order valence-corrected chi connectivity index (χ1v) is 13.6. The number of carboxylic acids is 2. The van der Waals surface area contributed by atoms with Crippen molar-refractivity contribution < 1.29 is 38.1 Å². The van der Waals surface area contributed by atoms with Crippen LogP contribution in [0, 0.1) is 0 Å². The number of rotatable bonds is 8. The van der Waals surface area contributed by atoms with Crippen molar-refractivity contribution in [1.29, 1.82) is 0 Å². The van der Waals surface area contributed by atoms with E-state index in [4.69, 9.17) is 59.3 Å². The summed E-state index contributed by atoms with van der Waals surface area (Å²) in [5.74, 6) is -3.65. The fraction of sp³-hybridized carbons (Fsp3) is 0.391. The van der Waals surface area contributed by atoms with Crippen molar-refractivity contribution >= 4 is 56.8 Å². The van der Waals surface area contributed by atoms with Crippen LogP contribution in [-0.2, 0) is 24.3 Å². The van der Waals surface area contributed by atoms with E-state index in [1.54, 1.807) is 18.2 Å². The van der Waals surface area contributed by atoms with E-state index in [-0.39, 0.29) is 22.6 Å². The number of aliphatic hydroxyl groups excluding tert-OH is 1. The lowest BCUT2D eigenvalue weighted by Crippen LogP contribution is -2.50. The zero-order chi connectivity index (χ0) is 27.8. The van der Waals surface area contributed by atoms with Gasteiger partial charge in [-0.3, -0.25) is 4.90 Å². The van der Waals surface area contributed by atoms with Gasteiger partial charge in [0.25, 0.3) is 0 Å². The molecule has 204 valence electrons. The summed E-state index contributed by atoms with van der Waals surface area (Å²) in [5.41, 5.74) is 0.982. The molecule has 0 radical (unpaired) electrons. The van der Waals surface area contributed by atoms with E-state index in [0.717, 1.165) is 5.56 Å². The van der Waals surface area contributed by atoms with Gasteiger partial charge in [-0.15, -0.1) is 0 Å². The Labute approximate surface area is 230 Å². The molecule has 1 fully saturated rings. The summed E-state index contributed by atoms with van der Waals surface area (Å²) in [6.07, 6.45) is -0.850. The van der Waals surface area contributed by atoms with Crippen LogP contribution in [0.1, 0.15) is 18.6 Å². The van der Waals surface area contributed by atoms with Crippen LogP contribution in [0.15, 0.2) is 47.4 Å². The van der Waals surface area contributed by atoms with Crippen LogP contribution in [0.5, 0.6) is 0 Å². The second-order valence-corrected chi connectivity index (χ2v) is 11.3. The molecular weight excluding hydrogens is 571 g/mol. The van der Waals surface area contributed by atoms with Gasteiger partial charge in [-0.25, -0.2) is 18.0 Å². The number of β-amino-alcohol motifs (C(OH)–C–C–N with tert-alkyl or cyclic N) is 1. The summed E-state index contributed by atoms with van der Waals surface area (Å²) in [6.45, 7) is 4.11. The van der Waals surface area contributed by atoms with E-state index < -0.39 is 28.1 Å². The van der Waals surface area contributed by atoms with Gasteiger partial charge in [0.1, 0.15) is 4.90 Å². The monoisotopic (exact) mass is 596 g/mol. The molecule has 1 saturated heterocycles. The van der Waals surface area contributed by atoms with Crippen LogP contribution < -0.4 is 0 Å². The van der Waals surface area contributed by atoms with Crippen LogP contribution in [0.3, 0.4) is 0 Å². The third-order valence-corrected chi connectivity index (χ3v) is 8.24. The Balaban J connectivity index is 0.000000717. The van der Waals surface area contributed by atoms with Crippen LogP contribution in [-0.4, -0.2) is 90.3 Å². The van der Waals surface area contributed by atoms with Crippen molar-refractivity contribution in [2.75, 3.05) is 39.3 Å². The minimum atomic E-state index is -3.73. The molecule has 14 heteroatoms. The Morgan fingerprint density at radius 1 is 0.946 bits per heavy atom. The highest BCUT2D eigenvalue weighted by Crippen LogP contribution is 2.28. The standard InChI is InChI=1S/C21H25Cl3N2O4S.C2H2O4/c1-15(16-2-4-17(22)5-3-16)30-14-19(27)13-25-8-10-26(11-9-25)31(28,29)21-12-18(23)6-7-20(21)24;3-1(4)2(5)6/h2-7,12,15,19,27H,8-11,13-14H2,1H3;(H,3,4)(H,5,6). The number of sulfonamides is 1. The lowest BCUT2D eigenvalue weighted by molar-refractivity contribution is -0.159. The third kappa shape index (κ3) is 9.69. The predicted molar refractivity (Wildman–Crippen MR) is 139 cm³/mol. The third-order valence-electron chi connectivity index (χ3n) is 5.37. The average Bonchev–Trinajstić information content (AvgIpc) is 2.85. The molecule has 1 aliphatic heterocycles. The minimum absolute atomic E-state index is 0.0136. The number of halogens is 3. The van der Waals surface area contributed by atoms with Gasteiger partial charge in [0, 0.05) is 42.8 Å². The quantitative estimate of drug-likeness (QED) is 0.391. The Hall–Kier alpha value is -1.96. The lowest BCUT2D eigenvalue weighted by Gasteiger charge is -2.35. The SMILES string of the molecule is CC(OCC(O)CN1CCN(S(=O)(=O)c2cc(Cl)ccc2Cl)CC1)c1ccc(Cl)cc1.O=C(O)C(=O)O. The Kier molecular flexibility index (Phi) is 12.1. The van der Waals surface area contributed by atoms with Crippen LogP contribution in [0.25, 0.3) is 0 Å². The fourth-order valence-electron chi connectivity index (χ4n) is 3.40. The van der Waals surface area contributed by atoms with Crippen molar-refractivity contribution in [3.63, 3.8) is 0 Å². The van der Waals surface area contributed by atoms with Crippen LogP contribution >= 0.6 is 34.8 Å². The van der Waals surface area contributed by atoms with Gasteiger partial charge in [-0.1, -0.05) is 46.9 Å². The number of aliphatic carboxylic acids is 2. The number of carbonyl (C=O) groups is 2. The molecule has 3 rings (SSSR count). The molecule has 0 bridgehead atoms. The van der Waals surface area contributed by atoms with Crippen molar-refractivity contribution in [3.05, 3.63) is 63.1 Å². The highest BCUT2D eigenvalue weighted by atomic mass is 35.5. The normalized spacial score (nSPS) is 16.4. The maximum atomic E-state index is 12.9. The first kappa shape index (κ1) is 31.3. The summed E-state index contributed by atoms with van der Waals surface area (Å²) in [6, 6.07) is 11.8. The van der Waals surface area contributed by atoms with Gasteiger partial charge in [-0.2, -0.15) is 4.31 Å². The zero-order valence-electron chi connectivity index (χ0n) is 19.8. The molecule has 2 aromatic carbocycles. The first-order valence-electron chi connectivity index (χ1n) is 11.0. The summed E-state index contributed by atoms with van der Waals surface area (Å²) >= 11 is 17.9. The molecule has 3 N–H and O–H groups in total. The van der Waals surface area contributed by atoms with Crippen LogP contribution in [0.2, 0.25) is 15.1 Å². The largest absolute Gasteiger partial charge is 0.473 e. The highest BCUT2D eigenvalue weighted by molar-refractivity contribution is 7.89. The smallest absolute Gasteiger partial charge is 0.414 e. The molecule has 2 unspecified atom stereocenters. The molecule has 2 aromatic rings. The summed E-state index contributed by atoms with van der Waals surface area (Å²) in [7, 11) is -3.73. The number of carboxylic acid groups (broad SMARTS) is 2. The Bertz CT molecular complexity index is 1160. The van der Waals surface area contributed by atoms with E-state index in [0.29, 0.717) is 42.8 Å². The van der Waals surface area contributed by atoms with E-state index in [2.05, 4.69) is 0 Å². The number of nitrogens with zero attached hydrogens (tertiary/aromatic N) is 2. The van der Waals surface area contributed by atoms with Gasteiger partial charge < -0.3 is 20.1 Å². The Morgan fingerprint density at radius 3 is 2.03 bits per heavy atom. The molecule has 0 spiro atoms. The van der Waals surface area contributed by atoms with Crippen molar-refractivity contribution in [2.24, 2.45) is 0 Å². The highest BCUT2D eigenvalue weighted by Gasteiger charge is 2.30. The molecule has 10 nitrogen and oxygen atoms in total. The number of ether oxygens (including phenoxy) is 1. The molecule has 0 amide bonds. The summed E-state index contributed by atoms with van der Waals surface area (Å²) < 4.78 is 33.0. The predicted octanol–water partition coefficient (Wildman–Crippen LogP) is 3.25. The van der Waals surface area contributed by atoms with Gasteiger partial charge in [0.15, 0.2) is 0 Å². The summed E-state index contributed by atoms with van der Waals surface area (Å²) in [4.78, 5) is 20.2. The van der Waals surface area contributed by atoms with Gasteiger partial charge >= 0.3 is 11.9 Å². The number of hydrogen-bond donors (Lipinski definition) is 3. The second kappa shape index (κ2) is 14.3. The Morgan fingerprint density at radius 2 is 1.49 bits per heavy atom. The zero-order valence-corrected chi connectivity index (χ0v) is 22.8. The number of piperazine rings is 1. The molecule has 0 saturated carbocycles. The number of aliphatic hydroxyl groups is 1. The van der Waals surface area contributed by atoms with E-state index in [1.165, 1.54) is 16.4 Å². The molecule has 0 aliphatic carbocycles. The number of hydrogen-bond acceptors (Lipinski definition) is 7. The maximum absolute atomic E-state index is 12.9. The minimum Gasteiger partial charge on any atom is -0.473 e. The molecule has 0 aromatic heterocycles. The van der Waals surface area contributed by atoms with Gasteiger partial charge in [-0.05, 0) is 42.8 Å². The van der Waals surface area contributed by atoms with Gasteiger partial charge in [0.2, 0.25) is 10.0 Å². The lowest BCUT2D eigenvalue weighted by atomic mass is 10.1. The first-order chi connectivity index (χ1) is 17.3. The molecule has 37 heavy (non-hydrogen) atoms. The summed E-state index contributed by atoms with van der Waals surface area (Å²) in [5, 5.41) is 26.3. The van der Waals surface area contributed by atoms with Crippen molar-refractivity contribution in [3.8, 4) is 0 Å². The second-order valence-electron chi connectivity index (χ2n) is 8.07. The molecular formula is C23H27Cl3N2O8S. The fourth-order valence-corrected chi connectivity index (χ4v) is 5.69.